The molecule has 2 aromatic rings. The summed E-state index contributed by atoms with van der Waals surface area (Å²) < 4.78 is 7.27. The summed E-state index contributed by atoms with van der Waals surface area (Å²) in [5.41, 5.74) is 1.21. The van der Waals surface area contributed by atoms with E-state index >= 15 is 0 Å². The van der Waals surface area contributed by atoms with E-state index in [4.69, 9.17) is 4.74 Å². The number of benzene rings is 1. The lowest BCUT2D eigenvalue weighted by molar-refractivity contribution is 0.0279. The number of likely N-dealkylation sites (N-methyl/N-ethyl adjacent to an activating group) is 1. The smallest absolute Gasteiger partial charge is 0.410 e. The van der Waals surface area contributed by atoms with Crippen LogP contribution in [0.15, 0.2) is 42.7 Å². The minimum absolute atomic E-state index is 0.0104. The molecular weight excluding hydrogens is 356 g/mol. The Morgan fingerprint density at radius 2 is 1.96 bits per heavy atom. The van der Waals surface area contributed by atoms with Gasteiger partial charge in [-0.05, 0) is 51.0 Å². The Bertz CT molecular complexity index is 809. The third-order valence-corrected chi connectivity index (χ3v) is 4.79. The number of hydrogen-bond acceptors (Lipinski definition) is 4. The van der Waals surface area contributed by atoms with Gasteiger partial charge < -0.3 is 14.5 Å². The van der Waals surface area contributed by atoms with Crippen LogP contribution in [-0.4, -0.2) is 63.4 Å². The number of hydrogen-bond donors (Lipinski definition) is 0. The molecule has 2 heterocycles. The van der Waals surface area contributed by atoms with Gasteiger partial charge in [-0.15, -0.1) is 0 Å². The Kier molecular flexibility index (Phi) is 5.72. The molecule has 7 nitrogen and oxygen atoms in total. The van der Waals surface area contributed by atoms with Gasteiger partial charge in [0.15, 0.2) is 0 Å². The molecule has 0 aliphatic carbocycles. The van der Waals surface area contributed by atoms with Crippen LogP contribution in [-0.2, 0) is 11.3 Å². The second-order valence-corrected chi connectivity index (χ2v) is 8.19. The second kappa shape index (κ2) is 8.04. The lowest BCUT2D eigenvalue weighted by Gasteiger charge is -2.27. The summed E-state index contributed by atoms with van der Waals surface area (Å²) in [4.78, 5) is 28.5. The topological polar surface area (TPSA) is 67.7 Å². The van der Waals surface area contributed by atoms with E-state index in [0.717, 1.165) is 12.0 Å². The fourth-order valence-electron chi connectivity index (χ4n) is 3.25. The normalized spacial score (nSPS) is 16.9. The van der Waals surface area contributed by atoms with Crippen molar-refractivity contribution in [3.05, 3.63) is 53.9 Å². The van der Waals surface area contributed by atoms with Crippen molar-refractivity contribution in [1.82, 2.24) is 19.6 Å². The van der Waals surface area contributed by atoms with Gasteiger partial charge in [-0.2, -0.15) is 5.10 Å². The number of nitrogens with zero attached hydrogens (tertiary/aromatic N) is 4. The van der Waals surface area contributed by atoms with E-state index in [9.17, 15) is 9.59 Å². The lowest BCUT2D eigenvalue weighted by Crippen LogP contribution is -2.41. The molecule has 1 saturated heterocycles. The number of rotatable bonds is 4. The summed E-state index contributed by atoms with van der Waals surface area (Å²) in [5, 5.41) is 4.19. The quantitative estimate of drug-likeness (QED) is 0.813. The zero-order chi connectivity index (χ0) is 20.3. The molecule has 1 fully saturated rings. The molecule has 2 amide bonds. The largest absolute Gasteiger partial charge is 0.444 e. The maximum absolute atomic E-state index is 12.8. The fourth-order valence-corrected chi connectivity index (χ4v) is 3.25. The van der Waals surface area contributed by atoms with Crippen LogP contribution in [0.1, 0.15) is 43.1 Å². The number of amides is 2. The molecule has 1 aliphatic rings. The van der Waals surface area contributed by atoms with Crippen LogP contribution in [0.3, 0.4) is 0 Å². The second-order valence-electron chi connectivity index (χ2n) is 8.19. The van der Waals surface area contributed by atoms with Crippen molar-refractivity contribution in [2.75, 3.05) is 20.1 Å². The molecule has 28 heavy (non-hydrogen) atoms. The van der Waals surface area contributed by atoms with Gasteiger partial charge in [0.2, 0.25) is 0 Å². The van der Waals surface area contributed by atoms with Crippen LogP contribution in [0.2, 0.25) is 0 Å². The molecule has 0 saturated carbocycles. The summed E-state index contributed by atoms with van der Waals surface area (Å²) >= 11 is 0. The van der Waals surface area contributed by atoms with Gasteiger partial charge in [0.25, 0.3) is 5.91 Å². The molecule has 1 unspecified atom stereocenters. The van der Waals surface area contributed by atoms with Gasteiger partial charge in [-0.1, -0.05) is 12.1 Å². The maximum Gasteiger partial charge on any atom is 0.410 e. The first-order valence-corrected chi connectivity index (χ1v) is 9.54. The van der Waals surface area contributed by atoms with Gasteiger partial charge in [0.05, 0.1) is 12.6 Å². The van der Waals surface area contributed by atoms with E-state index in [-0.39, 0.29) is 18.0 Å². The van der Waals surface area contributed by atoms with E-state index in [1.165, 1.54) is 0 Å². The number of aromatic nitrogens is 2. The van der Waals surface area contributed by atoms with Crippen molar-refractivity contribution in [1.29, 1.82) is 0 Å². The molecule has 150 valence electrons. The van der Waals surface area contributed by atoms with Gasteiger partial charge >= 0.3 is 6.09 Å². The van der Waals surface area contributed by atoms with Crippen molar-refractivity contribution < 1.29 is 14.3 Å². The minimum Gasteiger partial charge on any atom is -0.444 e. The van der Waals surface area contributed by atoms with E-state index in [2.05, 4.69) is 5.10 Å². The van der Waals surface area contributed by atoms with Gasteiger partial charge in [0, 0.05) is 38.1 Å². The summed E-state index contributed by atoms with van der Waals surface area (Å²) in [6, 6.07) is 9.46. The van der Waals surface area contributed by atoms with Gasteiger partial charge in [-0.25, -0.2) is 4.79 Å². The van der Waals surface area contributed by atoms with Crippen LogP contribution in [0.25, 0.3) is 0 Å². The Hall–Kier alpha value is -2.83. The van der Waals surface area contributed by atoms with Crippen molar-refractivity contribution >= 4 is 12.0 Å². The highest BCUT2D eigenvalue weighted by Crippen LogP contribution is 2.20. The molecule has 7 heteroatoms. The minimum atomic E-state index is -0.519. The molecule has 1 aromatic carbocycles. The number of carbonyl (C=O) groups excluding carboxylic acids is 2. The summed E-state index contributed by atoms with van der Waals surface area (Å²) in [6.07, 6.45) is 4.08. The highest BCUT2D eigenvalue weighted by Gasteiger charge is 2.33. The number of likely N-dealkylation sites (tertiary alicyclic amines) is 1. The standard InChI is InChI=1S/C21H28N4O3/c1-21(2,3)28-20(27)24-13-10-18(15-24)23(4)19(26)17-8-6-16(7-9-17)14-25-12-5-11-22-25/h5-9,11-12,18H,10,13-15H2,1-4H3. The molecule has 0 radical (unpaired) electrons. The first kappa shape index (κ1) is 19.9. The third kappa shape index (κ3) is 4.91. The Morgan fingerprint density at radius 3 is 2.57 bits per heavy atom. The van der Waals surface area contributed by atoms with E-state index < -0.39 is 5.60 Å². The molecule has 3 rings (SSSR count). The SMILES string of the molecule is CN(C(=O)c1ccc(Cn2cccn2)cc1)C1CCN(C(=O)OC(C)(C)C)C1. The average molecular weight is 384 g/mol. The van der Waals surface area contributed by atoms with Crippen LogP contribution in [0.5, 0.6) is 0 Å². The number of ether oxygens (including phenoxy) is 1. The van der Waals surface area contributed by atoms with Gasteiger partial charge in [0.1, 0.15) is 5.60 Å². The molecule has 1 aliphatic heterocycles. The van der Waals surface area contributed by atoms with E-state index in [1.807, 2.05) is 62.0 Å². The molecular formula is C21H28N4O3. The Labute approximate surface area is 165 Å². The highest BCUT2D eigenvalue weighted by molar-refractivity contribution is 5.94. The molecule has 1 aromatic heterocycles. The zero-order valence-corrected chi connectivity index (χ0v) is 17.0. The van der Waals surface area contributed by atoms with Gasteiger partial charge in [-0.3, -0.25) is 9.48 Å². The summed E-state index contributed by atoms with van der Waals surface area (Å²) in [6.45, 7) is 7.32. The average Bonchev–Trinajstić information content (AvgIpc) is 3.31. The van der Waals surface area contributed by atoms with Crippen LogP contribution >= 0.6 is 0 Å². The summed E-state index contributed by atoms with van der Waals surface area (Å²) in [5.74, 6) is -0.0401. The first-order valence-electron chi connectivity index (χ1n) is 9.54. The van der Waals surface area contributed by atoms with Crippen molar-refractivity contribution in [3.8, 4) is 0 Å². The van der Waals surface area contributed by atoms with Crippen LogP contribution in [0.4, 0.5) is 4.79 Å². The predicted molar refractivity (Wildman–Crippen MR) is 106 cm³/mol. The Morgan fingerprint density at radius 1 is 1.25 bits per heavy atom. The van der Waals surface area contributed by atoms with Crippen LogP contribution in [0, 0.1) is 0 Å². The first-order chi connectivity index (χ1) is 13.2. The lowest BCUT2D eigenvalue weighted by atomic mass is 10.1. The van der Waals surface area contributed by atoms with Crippen LogP contribution < -0.4 is 0 Å². The van der Waals surface area contributed by atoms with Crippen molar-refractivity contribution in [3.63, 3.8) is 0 Å². The molecule has 0 N–H and O–H groups in total. The highest BCUT2D eigenvalue weighted by atomic mass is 16.6. The molecule has 0 spiro atoms. The fraction of sp³-hybridized carbons (Fsp3) is 0.476. The predicted octanol–water partition coefficient (Wildman–Crippen LogP) is 3.01. The van der Waals surface area contributed by atoms with Crippen molar-refractivity contribution in [2.45, 2.75) is 45.4 Å². The van der Waals surface area contributed by atoms with Crippen molar-refractivity contribution in [2.24, 2.45) is 0 Å². The molecule has 0 bridgehead atoms. The Balaban J connectivity index is 1.57. The monoisotopic (exact) mass is 384 g/mol. The summed E-state index contributed by atoms with van der Waals surface area (Å²) in [7, 11) is 1.79. The maximum atomic E-state index is 12.8. The zero-order valence-electron chi connectivity index (χ0n) is 17.0. The number of carbonyl (C=O) groups is 2. The van der Waals surface area contributed by atoms with E-state index in [1.54, 1.807) is 23.0 Å². The third-order valence-electron chi connectivity index (χ3n) is 4.79. The van der Waals surface area contributed by atoms with E-state index in [0.29, 0.717) is 25.2 Å². The molecule has 1 atom stereocenters.